The molecule has 0 saturated heterocycles. The molecule has 0 aliphatic heterocycles. The molecule has 2 N–H and O–H groups in total. The number of phenolic OH excluding ortho intramolecular Hbond substituents is 1. The highest BCUT2D eigenvalue weighted by molar-refractivity contribution is 5.59. The van der Waals surface area contributed by atoms with Crippen molar-refractivity contribution in [2.45, 2.75) is 6.54 Å². The van der Waals surface area contributed by atoms with Gasteiger partial charge >= 0.3 is 0 Å². The summed E-state index contributed by atoms with van der Waals surface area (Å²) in [6.07, 6.45) is 1.68. The summed E-state index contributed by atoms with van der Waals surface area (Å²) in [5, 5.41) is 20.7. The van der Waals surface area contributed by atoms with Crippen molar-refractivity contribution in [3.8, 4) is 17.1 Å². The molecular weight excluding hydrogens is 264 g/mol. The van der Waals surface area contributed by atoms with Gasteiger partial charge in [0.2, 0.25) is 0 Å². The predicted octanol–water partition coefficient (Wildman–Crippen LogP) is 2.80. The van der Waals surface area contributed by atoms with Crippen molar-refractivity contribution < 1.29 is 5.11 Å². The van der Waals surface area contributed by atoms with Crippen molar-refractivity contribution in [1.82, 2.24) is 14.8 Å². The monoisotopic (exact) mass is 280 g/mol. The number of hydrogen-bond donors (Lipinski definition) is 2. The SMILES string of the molecule is Cn1cnnc1-c1ccc(NCc2cccc(O)c2)cc1. The maximum Gasteiger partial charge on any atom is 0.163 e. The molecule has 21 heavy (non-hydrogen) atoms. The van der Waals surface area contributed by atoms with Gasteiger partial charge in [-0.15, -0.1) is 10.2 Å². The van der Waals surface area contributed by atoms with Crippen molar-refractivity contribution in [3.63, 3.8) is 0 Å². The smallest absolute Gasteiger partial charge is 0.163 e. The third-order valence-electron chi connectivity index (χ3n) is 3.26. The van der Waals surface area contributed by atoms with Crippen LogP contribution in [-0.2, 0) is 13.6 Å². The molecule has 0 unspecified atom stereocenters. The quantitative estimate of drug-likeness (QED) is 0.771. The second-order valence-electron chi connectivity index (χ2n) is 4.87. The molecule has 0 aliphatic rings. The Hall–Kier alpha value is -2.82. The number of aromatic nitrogens is 3. The number of benzene rings is 2. The summed E-state index contributed by atoms with van der Waals surface area (Å²) in [6.45, 7) is 0.664. The van der Waals surface area contributed by atoms with Crippen molar-refractivity contribution in [1.29, 1.82) is 0 Å². The van der Waals surface area contributed by atoms with E-state index < -0.39 is 0 Å². The minimum Gasteiger partial charge on any atom is -0.508 e. The van der Waals surface area contributed by atoms with E-state index in [9.17, 15) is 5.11 Å². The van der Waals surface area contributed by atoms with E-state index in [0.29, 0.717) is 6.54 Å². The van der Waals surface area contributed by atoms with E-state index in [4.69, 9.17) is 0 Å². The molecule has 106 valence electrons. The summed E-state index contributed by atoms with van der Waals surface area (Å²) in [5.41, 5.74) is 3.08. The van der Waals surface area contributed by atoms with Crippen molar-refractivity contribution in [2.24, 2.45) is 7.05 Å². The lowest BCUT2D eigenvalue weighted by atomic mass is 10.1. The van der Waals surface area contributed by atoms with Gasteiger partial charge in [-0.3, -0.25) is 0 Å². The Morgan fingerprint density at radius 2 is 1.95 bits per heavy atom. The molecular formula is C16H16N4O. The number of aromatic hydroxyl groups is 1. The fraction of sp³-hybridized carbons (Fsp3) is 0.125. The van der Waals surface area contributed by atoms with E-state index >= 15 is 0 Å². The number of nitrogens with zero attached hydrogens (tertiary/aromatic N) is 3. The zero-order chi connectivity index (χ0) is 14.7. The van der Waals surface area contributed by atoms with Crippen molar-refractivity contribution in [2.75, 3.05) is 5.32 Å². The van der Waals surface area contributed by atoms with Gasteiger partial charge in [0.25, 0.3) is 0 Å². The lowest BCUT2D eigenvalue weighted by Crippen LogP contribution is -1.99. The molecule has 0 atom stereocenters. The van der Waals surface area contributed by atoms with Crippen LogP contribution < -0.4 is 5.32 Å². The molecule has 0 aliphatic carbocycles. The number of hydrogen-bond acceptors (Lipinski definition) is 4. The number of nitrogens with one attached hydrogen (secondary N) is 1. The summed E-state index contributed by atoms with van der Waals surface area (Å²) in [7, 11) is 1.92. The highest BCUT2D eigenvalue weighted by Crippen LogP contribution is 2.19. The van der Waals surface area contributed by atoms with Crippen LogP contribution in [0.1, 0.15) is 5.56 Å². The summed E-state index contributed by atoms with van der Waals surface area (Å²) in [4.78, 5) is 0. The van der Waals surface area contributed by atoms with Gasteiger partial charge in [0.05, 0.1) is 0 Å². The minimum absolute atomic E-state index is 0.284. The highest BCUT2D eigenvalue weighted by Gasteiger charge is 2.04. The van der Waals surface area contributed by atoms with Crippen LogP contribution in [0.3, 0.4) is 0 Å². The molecule has 0 amide bonds. The third kappa shape index (κ3) is 3.02. The number of rotatable bonds is 4. The molecule has 0 bridgehead atoms. The van der Waals surface area contributed by atoms with Crippen LogP contribution in [0.5, 0.6) is 5.75 Å². The Bertz CT molecular complexity index is 734. The van der Waals surface area contributed by atoms with Gasteiger partial charge in [-0.25, -0.2) is 0 Å². The first-order valence-corrected chi connectivity index (χ1v) is 6.68. The summed E-state index contributed by atoms with van der Waals surface area (Å²) >= 11 is 0. The largest absolute Gasteiger partial charge is 0.508 e. The molecule has 0 spiro atoms. The average molecular weight is 280 g/mol. The maximum atomic E-state index is 9.44. The Labute approximate surface area is 122 Å². The van der Waals surface area contributed by atoms with Crippen LogP contribution in [0.25, 0.3) is 11.4 Å². The second-order valence-corrected chi connectivity index (χ2v) is 4.87. The zero-order valence-electron chi connectivity index (χ0n) is 11.7. The predicted molar refractivity (Wildman–Crippen MR) is 81.9 cm³/mol. The summed E-state index contributed by atoms with van der Waals surface area (Å²) < 4.78 is 1.88. The maximum absolute atomic E-state index is 9.44. The zero-order valence-corrected chi connectivity index (χ0v) is 11.7. The molecule has 5 heteroatoms. The van der Waals surface area contributed by atoms with Gasteiger partial charge in [0, 0.05) is 24.8 Å². The first kappa shape index (κ1) is 13.2. The third-order valence-corrected chi connectivity index (χ3v) is 3.26. The van der Waals surface area contributed by atoms with E-state index in [1.807, 2.05) is 48.0 Å². The summed E-state index contributed by atoms with van der Waals surface area (Å²) in [6, 6.07) is 15.3. The molecule has 1 aromatic heterocycles. The topological polar surface area (TPSA) is 63.0 Å². The fourth-order valence-electron chi connectivity index (χ4n) is 2.15. The van der Waals surface area contributed by atoms with E-state index in [-0.39, 0.29) is 5.75 Å². The Morgan fingerprint density at radius 1 is 1.14 bits per heavy atom. The second kappa shape index (κ2) is 5.66. The van der Waals surface area contributed by atoms with Gasteiger partial charge in [-0.05, 0) is 42.0 Å². The number of aryl methyl sites for hydroxylation is 1. The first-order chi connectivity index (χ1) is 10.2. The Morgan fingerprint density at radius 3 is 2.62 bits per heavy atom. The lowest BCUT2D eigenvalue weighted by molar-refractivity contribution is 0.474. The van der Waals surface area contributed by atoms with Crippen LogP contribution in [-0.4, -0.2) is 19.9 Å². The van der Waals surface area contributed by atoms with Gasteiger partial charge in [-0.1, -0.05) is 12.1 Å². The van der Waals surface area contributed by atoms with Crippen LogP contribution in [0.4, 0.5) is 5.69 Å². The highest BCUT2D eigenvalue weighted by atomic mass is 16.3. The van der Waals surface area contributed by atoms with Crippen molar-refractivity contribution in [3.05, 3.63) is 60.4 Å². The van der Waals surface area contributed by atoms with Crippen LogP contribution in [0.15, 0.2) is 54.9 Å². The molecule has 3 aromatic rings. The van der Waals surface area contributed by atoms with Crippen LogP contribution >= 0.6 is 0 Å². The molecule has 0 saturated carbocycles. The normalized spacial score (nSPS) is 10.5. The van der Waals surface area contributed by atoms with Gasteiger partial charge in [-0.2, -0.15) is 0 Å². The number of phenols is 1. The first-order valence-electron chi connectivity index (χ1n) is 6.68. The average Bonchev–Trinajstić information content (AvgIpc) is 2.92. The molecule has 2 aromatic carbocycles. The van der Waals surface area contributed by atoms with Crippen LogP contribution in [0, 0.1) is 0 Å². The van der Waals surface area contributed by atoms with E-state index in [1.54, 1.807) is 18.5 Å². The van der Waals surface area contributed by atoms with E-state index in [2.05, 4.69) is 15.5 Å². The standard InChI is InChI=1S/C16H16N4O/c1-20-11-18-19-16(20)13-5-7-14(8-6-13)17-10-12-3-2-4-15(21)9-12/h2-9,11,17,21H,10H2,1H3. The molecule has 0 radical (unpaired) electrons. The number of anilines is 1. The van der Waals surface area contributed by atoms with Crippen molar-refractivity contribution >= 4 is 5.69 Å². The molecule has 5 nitrogen and oxygen atoms in total. The fourth-order valence-corrected chi connectivity index (χ4v) is 2.15. The van der Waals surface area contributed by atoms with Gasteiger partial charge < -0.3 is 15.0 Å². The van der Waals surface area contributed by atoms with Crippen LogP contribution in [0.2, 0.25) is 0 Å². The van der Waals surface area contributed by atoms with Gasteiger partial charge in [0.15, 0.2) is 5.82 Å². The van der Waals surface area contributed by atoms with E-state index in [0.717, 1.165) is 22.6 Å². The van der Waals surface area contributed by atoms with Gasteiger partial charge in [0.1, 0.15) is 12.1 Å². The summed E-state index contributed by atoms with van der Waals surface area (Å²) in [5.74, 6) is 1.13. The lowest BCUT2D eigenvalue weighted by Gasteiger charge is -2.08. The Kier molecular flexibility index (Phi) is 3.55. The molecule has 3 rings (SSSR count). The minimum atomic E-state index is 0.284. The van der Waals surface area contributed by atoms with E-state index in [1.165, 1.54) is 0 Å². The molecule has 0 fully saturated rings. The molecule has 1 heterocycles. The Balaban J connectivity index is 1.69.